The number of aryl methyl sites for hydroxylation is 1. The largest absolute Gasteiger partial charge is 0.481 e. The molecule has 0 spiro atoms. The maximum Gasteiger partial charge on any atom is 0.303 e. The third-order valence-corrected chi connectivity index (χ3v) is 3.29. The standard InChI is InChI=1S/C13H19N3O3/c1-9-6-11(19-2)15-13(14-9)16-5-3-4-10(8-16)7-12(17)18/h6,10H,3-5,7-8H2,1-2H3,(H,17,18). The molecule has 0 aliphatic carbocycles. The van der Waals surface area contributed by atoms with Gasteiger partial charge >= 0.3 is 5.97 Å². The summed E-state index contributed by atoms with van der Waals surface area (Å²) >= 11 is 0. The van der Waals surface area contributed by atoms with E-state index < -0.39 is 5.97 Å². The number of nitrogens with zero attached hydrogens (tertiary/aromatic N) is 3. The van der Waals surface area contributed by atoms with Crippen molar-refractivity contribution in [3.8, 4) is 5.88 Å². The molecule has 1 aromatic rings. The van der Waals surface area contributed by atoms with Crippen LogP contribution >= 0.6 is 0 Å². The van der Waals surface area contributed by atoms with Gasteiger partial charge in [-0.25, -0.2) is 4.98 Å². The number of carbonyl (C=O) groups is 1. The van der Waals surface area contributed by atoms with Crippen LogP contribution in [0, 0.1) is 12.8 Å². The van der Waals surface area contributed by atoms with Gasteiger partial charge in [-0.3, -0.25) is 4.79 Å². The number of carboxylic acid groups (broad SMARTS) is 1. The van der Waals surface area contributed by atoms with E-state index in [9.17, 15) is 4.79 Å². The fourth-order valence-electron chi connectivity index (χ4n) is 2.43. The molecular weight excluding hydrogens is 246 g/mol. The number of methoxy groups -OCH3 is 1. The Balaban J connectivity index is 2.12. The van der Waals surface area contributed by atoms with Crippen molar-refractivity contribution in [1.29, 1.82) is 0 Å². The van der Waals surface area contributed by atoms with Crippen LogP contribution in [-0.2, 0) is 4.79 Å². The molecule has 0 radical (unpaired) electrons. The molecule has 0 amide bonds. The smallest absolute Gasteiger partial charge is 0.303 e. The van der Waals surface area contributed by atoms with E-state index in [1.807, 2.05) is 11.8 Å². The average molecular weight is 265 g/mol. The Morgan fingerprint density at radius 2 is 2.37 bits per heavy atom. The Morgan fingerprint density at radius 3 is 3.05 bits per heavy atom. The molecule has 1 aliphatic heterocycles. The van der Waals surface area contributed by atoms with Crippen LogP contribution in [0.5, 0.6) is 5.88 Å². The topological polar surface area (TPSA) is 75.5 Å². The lowest BCUT2D eigenvalue weighted by Gasteiger charge is -2.32. The summed E-state index contributed by atoms with van der Waals surface area (Å²) in [4.78, 5) is 21.6. The normalized spacial score (nSPS) is 19.3. The zero-order chi connectivity index (χ0) is 13.8. The summed E-state index contributed by atoms with van der Waals surface area (Å²) in [5.74, 6) is 0.603. The highest BCUT2D eigenvalue weighted by Gasteiger charge is 2.24. The molecule has 6 nitrogen and oxygen atoms in total. The summed E-state index contributed by atoms with van der Waals surface area (Å²) in [6.07, 6.45) is 2.13. The number of aromatic nitrogens is 2. The van der Waals surface area contributed by atoms with Crippen molar-refractivity contribution in [1.82, 2.24) is 9.97 Å². The lowest BCUT2D eigenvalue weighted by atomic mass is 9.95. The lowest BCUT2D eigenvalue weighted by molar-refractivity contribution is -0.138. The van der Waals surface area contributed by atoms with Crippen molar-refractivity contribution in [3.05, 3.63) is 11.8 Å². The van der Waals surface area contributed by atoms with Crippen LogP contribution in [0.25, 0.3) is 0 Å². The molecular formula is C13H19N3O3. The molecule has 0 bridgehead atoms. The van der Waals surface area contributed by atoms with Crippen molar-refractivity contribution in [3.63, 3.8) is 0 Å². The van der Waals surface area contributed by atoms with Crippen LogP contribution in [0.2, 0.25) is 0 Å². The van der Waals surface area contributed by atoms with E-state index in [1.165, 1.54) is 0 Å². The second kappa shape index (κ2) is 5.86. The number of piperidine rings is 1. The molecule has 0 saturated carbocycles. The van der Waals surface area contributed by atoms with E-state index in [-0.39, 0.29) is 12.3 Å². The van der Waals surface area contributed by atoms with Crippen LogP contribution in [0.3, 0.4) is 0 Å². The van der Waals surface area contributed by atoms with Crippen LogP contribution in [0.4, 0.5) is 5.95 Å². The predicted octanol–water partition coefficient (Wildman–Crippen LogP) is 1.48. The molecule has 6 heteroatoms. The van der Waals surface area contributed by atoms with Gasteiger partial charge in [0, 0.05) is 31.3 Å². The van der Waals surface area contributed by atoms with Crippen LogP contribution in [0.1, 0.15) is 25.0 Å². The Labute approximate surface area is 112 Å². The minimum absolute atomic E-state index is 0.168. The van der Waals surface area contributed by atoms with Crippen LogP contribution in [-0.4, -0.2) is 41.2 Å². The van der Waals surface area contributed by atoms with Crippen LogP contribution < -0.4 is 9.64 Å². The van der Waals surface area contributed by atoms with Gasteiger partial charge in [0.2, 0.25) is 11.8 Å². The second-order valence-corrected chi connectivity index (χ2v) is 4.90. The maximum absolute atomic E-state index is 10.8. The van der Waals surface area contributed by atoms with Gasteiger partial charge in [-0.2, -0.15) is 4.98 Å². The Morgan fingerprint density at radius 1 is 1.58 bits per heavy atom. The molecule has 1 aliphatic rings. The quantitative estimate of drug-likeness (QED) is 0.888. The molecule has 104 valence electrons. The summed E-state index contributed by atoms with van der Waals surface area (Å²) in [7, 11) is 1.58. The van der Waals surface area contributed by atoms with E-state index in [0.29, 0.717) is 18.4 Å². The minimum atomic E-state index is -0.741. The number of aliphatic carboxylic acids is 1. The highest BCUT2D eigenvalue weighted by Crippen LogP contribution is 2.24. The molecule has 2 heterocycles. The third kappa shape index (κ3) is 3.56. The van der Waals surface area contributed by atoms with Crippen molar-refractivity contribution in [2.75, 3.05) is 25.1 Å². The summed E-state index contributed by atoms with van der Waals surface area (Å²) in [6.45, 7) is 3.45. The molecule has 19 heavy (non-hydrogen) atoms. The molecule has 2 rings (SSSR count). The van der Waals surface area contributed by atoms with Gasteiger partial charge in [0.15, 0.2) is 0 Å². The van der Waals surface area contributed by atoms with E-state index in [4.69, 9.17) is 9.84 Å². The van der Waals surface area contributed by atoms with E-state index >= 15 is 0 Å². The number of rotatable bonds is 4. The number of carboxylic acids is 1. The SMILES string of the molecule is COc1cc(C)nc(N2CCCC(CC(=O)O)C2)n1. The zero-order valence-electron chi connectivity index (χ0n) is 11.3. The predicted molar refractivity (Wildman–Crippen MR) is 70.5 cm³/mol. The van der Waals surface area contributed by atoms with Crippen molar-refractivity contribution < 1.29 is 14.6 Å². The lowest BCUT2D eigenvalue weighted by Crippen LogP contribution is -2.37. The summed E-state index contributed by atoms with van der Waals surface area (Å²) < 4.78 is 5.15. The van der Waals surface area contributed by atoms with E-state index in [2.05, 4.69) is 9.97 Å². The number of ether oxygens (including phenoxy) is 1. The molecule has 1 unspecified atom stereocenters. The summed E-state index contributed by atoms with van der Waals surface area (Å²) in [5.41, 5.74) is 0.849. The van der Waals surface area contributed by atoms with Gasteiger partial charge in [-0.15, -0.1) is 0 Å². The molecule has 1 fully saturated rings. The molecule has 1 N–H and O–H groups in total. The monoisotopic (exact) mass is 265 g/mol. The second-order valence-electron chi connectivity index (χ2n) is 4.90. The van der Waals surface area contributed by atoms with Gasteiger partial charge in [0.1, 0.15) is 0 Å². The fourth-order valence-corrected chi connectivity index (χ4v) is 2.43. The minimum Gasteiger partial charge on any atom is -0.481 e. The summed E-state index contributed by atoms with van der Waals surface area (Å²) in [6, 6.07) is 1.78. The Bertz CT molecular complexity index is 464. The third-order valence-electron chi connectivity index (χ3n) is 3.29. The maximum atomic E-state index is 10.8. The van der Waals surface area contributed by atoms with Gasteiger partial charge in [-0.05, 0) is 25.7 Å². The molecule has 1 atom stereocenters. The first-order chi connectivity index (χ1) is 9.08. The van der Waals surface area contributed by atoms with E-state index in [0.717, 1.165) is 25.1 Å². The first-order valence-electron chi connectivity index (χ1n) is 6.45. The Hall–Kier alpha value is -1.85. The van der Waals surface area contributed by atoms with Gasteiger partial charge < -0.3 is 14.7 Å². The number of anilines is 1. The molecule has 0 aromatic carbocycles. The first kappa shape index (κ1) is 13.6. The van der Waals surface area contributed by atoms with Crippen molar-refractivity contribution in [2.24, 2.45) is 5.92 Å². The van der Waals surface area contributed by atoms with Gasteiger partial charge in [0.05, 0.1) is 7.11 Å². The van der Waals surface area contributed by atoms with Gasteiger partial charge in [0.25, 0.3) is 0 Å². The number of hydrogen-bond donors (Lipinski definition) is 1. The first-order valence-corrected chi connectivity index (χ1v) is 6.45. The molecule has 1 saturated heterocycles. The highest BCUT2D eigenvalue weighted by molar-refractivity contribution is 5.67. The Kier molecular flexibility index (Phi) is 4.19. The number of hydrogen-bond acceptors (Lipinski definition) is 5. The fraction of sp³-hybridized carbons (Fsp3) is 0.615. The van der Waals surface area contributed by atoms with E-state index in [1.54, 1.807) is 13.2 Å². The average Bonchev–Trinajstić information content (AvgIpc) is 2.37. The van der Waals surface area contributed by atoms with Crippen molar-refractivity contribution in [2.45, 2.75) is 26.2 Å². The molecule has 1 aromatic heterocycles. The van der Waals surface area contributed by atoms with Crippen LogP contribution in [0.15, 0.2) is 6.07 Å². The zero-order valence-corrected chi connectivity index (χ0v) is 11.3. The van der Waals surface area contributed by atoms with Crippen molar-refractivity contribution >= 4 is 11.9 Å². The highest BCUT2D eigenvalue weighted by atomic mass is 16.5. The summed E-state index contributed by atoms with van der Waals surface area (Å²) in [5, 5.41) is 8.88. The van der Waals surface area contributed by atoms with Gasteiger partial charge in [-0.1, -0.05) is 0 Å².